The zero-order valence-corrected chi connectivity index (χ0v) is 11.6. The average molecular weight is 302 g/mol. The molecule has 1 atom stereocenters. The number of hydrogen-bond donors (Lipinski definition) is 1. The van der Waals surface area contributed by atoms with Crippen LogP contribution in [0.3, 0.4) is 0 Å². The first-order valence-corrected chi connectivity index (χ1v) is 7.77. The van der Waals surface area contributed by atoms with Gasteiger partial charge in [-0.3, -0.25) is 9.59 Å². The molecular weight excluding hydrogens is 288 g/mol. The molecule has 1 aliphatic rings. The number of aromatic nitrogens is 1. The molecule has 0 radical (unpaired) electrons. The van der Waals surface area contributed by atoms with Crippen molar-refractivity contribution in [2.75, 3.05) is 18.1 Å². The number of nitrogens with zero attached hydrogens (tertiary/aromatic N) is 2. The molecule has 0 aromatic carbocycles. The summed E-state index contributed by atoms with van der Waals surface area (Å²) in [6, 6.07) is -0.645. The van der Waals surface area contributed by atoms with Crippen LogP contribution in [0.5, 0.6) is 0 Å². The summed E-state index contributed by atoms with van der Waals surface area (Å²) in [7, 11) is -3.22. The molecule has 1 aromatic rings. The van der Waals surface area contributed by atoms with Crippen molar-refractivity contribution in [3.63, 3.8) is 0 Å². The van der Waals surface area contributed by atoms with Crippen molar-refractivity contribution < 1.29 is 27.6 Å². The van der Waals surface area contributed by atoms with Crippen molar-refractivity contribution in [1.82, 2.24) is 10.1 Å². The maximum Gasteiger partial charge on any atom is 0.323 e. The zero-order chi connectivity index (χ0) is 14.9. The van der Waals surface area contributed by atoms with Crippen LogP contribution in [-0.4, -0.2) is 59.5 Å². The molecule has 0 saturated carbocycles. The second-order valence-electron chi connectivity index (χ2n) is 4.72. The van der Waals surface area contributed by atoms with Gasteiger partial charge in [0.05, 0.1) is 17.7 Å². The molecule has 2 heterocycles. The molecule has 2 rings (SSSR count). The second kappa shape index (κ2) is 5.23. The summed E-state index contributed by atoms with van der Waals surface area (Å²) in [6.45, 7) is 1.03. The van der Waals surface area contributed by atoms with E-state index >= 15 is 0 Å². The summed E-state index contributed by atoms with van der Waals surface area (Å²) in [4.78, 5) is 24.2. The van der Waals surface area contributed by atoms with E-state index in [-0.39, 0.29) is 23.7 Å². The highest BCUT2D eigenvalue weighted by atomic mass is 32.2. The lowest BCUT2D eigenvalue weighted by molar-refractivity contribution is -0.138. The monoisotopic (exact) mass is 302 g/mol. The van der Waals surface area contributed by atoms with E-state index in [0.717, 1.165) is 4.90 Å². The molecule has 20 heavy (non-hydrogen) atoms. The standard InChI is InChI=1S/C11H14N2O6S/c1-7-4-12-19-10(7)11(16)13(5-9(14)15)8-2-3-20(17,18)6-8/h4,8H,2-3,5-6H2,1H3,(H,14,15). The van der Waals surface area contributed by atoms with Gasteiger partial charge in [0.1, 0.15) is 6.54 Å². The predicted octanol–water partition coefficient (Wildman–Crippen LogP) is -0.303. The number of aryl methyl sites for hydroxylation is 1. The molecule has 0 bridgehead atoms. The van der Waals surface area contributed by atoms with E-state index in [9.17, 15) is 18.0 Å². The Morgan fingerprint density at radius 1 is 1.55 bits per heavy atom. The molecule has 8 nitrogen and oxygen atoms in total. The van der Waals surface area contributed by atoms with Crippen LogP contribution in [0.15, 0.2) is 10.7 Å². The summed E-state index contributed by atoms with van der Waals surface area (Å²) >= 11 is 0. The Morgan fingerprint density at radius 2 is 2.25 bits per heavy atom. The van der Waals surface area contributed by atoms with Crippen LogP contribution in [0, 0.1) is 6.92 Å². The van der Waals surface area contributed by atoms with Crippen LogP contribution >= 0.6 is 0 Å². The van der Waals surface area contributed by atoms with Crippen LogP contribution in [0.4, 0.5) is 0 Å². The highest BCUT2D eigenvalue weighted by Gasteiger charge is 2.37. The number of sulfone groups is 1. The number of hydrogen-bond acceptors (Lipinski definition) is 6. The van der Waals surface area contributed by atoms with E-state index in [4.69, 9.17) is 9.63 Å². The van der Waals surface area contributed by atoms with E-state index < -0.39 is 34.3 Å². The highest BCUT2D eigenvalue weighted by Crippen LogP contribution is 2.21. The first-order chi connectivity index (χ1) is 9.30. The Hall–Kier alpha value is -1.90. The molecule has 1 unspecified atom stereocenters. The van der Waals surface area contributed by atoms with Crippen LogP contribution in [0.2, 0.25) is 0 Å². The van der Waals surface area contributed by atoms with Gasteiger partial charge < -0.3 is 14.5 Å². The van der Waals surface area contributed by atoms with Crippen LogP contribution in [-0.2, 0) is 14.6 Å². The number of carboxylic acids is 1. The maximum absolute atomic E-state index is 12.3. The quantitative estimate of drug-likeness (QED) is 0.811. The van der Waals surface area contributed by atoms with Gasteiger partial charge in [0.2, 0.25) is 5.76 Å². The smallest absolute Gasteiger partial charge is 0.323 e. The van der Waals surface area contributed by atoms with Crippen LogP contribution < -0.4 is 0 Å². The van der Waals surface area contributed by atoms with Gasteiger partial charge in [-0.15, -0.1) is 0 Å². The minimum absolute atomic E-state index is 0.0452. The Morgan fingerprint density at radius 3 is 2.70 bits per heavy atom. The fraction of sp³-hybridized carbons (Fsp3) is 0.545. The lowest BCUT2D eigenvalue weighted by Gasteiger charge is -2.25. The lowest BCUT2D eigenvalue weighted by atomic mass is 10.2. The largest absolute Gasteiger partial charge is 0.480 e. The molecule has 9 heteroatoms. The van der Waals surface area contributed by atoms with E-state index in [0.29, 0.717) is 5.56 Å². The normalized spacial score (nSPS) is 20.8. The van der Waals surface area contributed by atoms with E-state index in [1.807, 2.05) is 0 Å². The molecule has 1 amide bonds. The number of rotatable bonds is 4. The predicted molar refractivity (Wildman–Crippen MR) is 67.0 cm³/mol. The zero-order valence-electron chi connectivity index (χ0n) is 10.8. The molecule has 1 fully saturated rings. The van der Waals surface area contributed by atoms with Crippen LogP contribution in [0.1, 0.15) is 22.5 Å². The number of amides is 1. The fourth-order valence-corrected chi connectivity index (χ4v) is 3.89. The van der Waals surface area contributed by atoms with Gasteiger partial charge in [-0.2, -0.15) is 0 Å². The number of carbonyl (C=O) groups excluding carboxylic acids is 1. The molecular formula is C11H14N2O6S. The SMILES string of the molecule is Cc1cnoc1C(=O)N(CC(=O)O)C1CCS(=O)(=O)C1. The van der Waals surface area contributed by atoms with Crippen molar-refractivity contribution in [3.05, 3.63) is 17.5 Å². The van der Waals surface area contributed by atoms with Gasteiger partial charge in [-0.25, -0.2) is 8.42 Å². The summed E-state index contributed by atoms with van der Waals surface area (Å²) < 4.78 is 27.8. The summed E-state index contributed by atoms with van der Waals surface area (Å²) in [6.07, 6.45) is 1.58. The molecule has 0 aliphatic carbocycles. The average Bonchev–Trinajstić information content (AvgIpc) is 2.91. The Bertz CT molecular complexity index is 635. The third-order valence-electron chi connectivity index (χ3n) is 3.16. The Balaban J connectivity index is 2.27. The van der Waals surface area contributed by atoms with Gasteiger partial charge in [0, 0.05) is 11.6 Å². The van der Waals surface area contributed by atoms with Crippen molar-refractivity contribution >= 4 is 21.7 Å². The minimum Gasteiger partial charge on any atom is -0.480 e. The first-order valence-electron chi connectivity index (χ1n) is 5.94. The van der Waals surface area contributed by atoms with Crippen LogP contribution in [0.25, 0.3) is 0 Å². The lowest BCUT2D eigenvalue weighted by Crippen LogP contribution is -2.44. The highest BCUT2D eigenvalue weighted by molar-refractivity contribution is 7.91. The summed E-state index contributed by atoms with van der Waals surface area (Å²) in [5.41, 5.74) is 0.478. The van der Waals surface area contributed by atoms with E-state index in [2.05, 4.69) is 5.16 Å². The Labute approximate surface area is 115 Å². The molecule has 1 aromatic heterocycles. The number of aliphatic carboxylic acids is 1. The van der Waals surface area contributed by atoms with Gasteiger partial charge >= 0.3 is 5.97 Å². The molecule has 0 spiro atoms. The van der Waals surface area contributed by atoms with Crippen molar-refractivity contribution in [2.45, 2.75) is 19.4 Å². The summed E-state index contributed by atoms with van der Waals surface area (Å²) in [5, 5.41) is 12.4. The molecule has 1 saturated heterocycles. The van der Waals surface area contributed by atoms with E-state index in [1.165, 1.54) is 6.20 Å². The van der Waals surface area contributed by atoms with Crippen molar-refractivity contribution in [1.29, 1.82) is 0 Å². The molecule has 1 N–H and O–H groups in total. The second-order valence-corrected chi connectivity index (χ2v) is 6.95. The first kappa shape index (κ1) is 14.5. The molecule has 1 aliphatic heterocycles. The minimum atomic E-state index is -3.22. The van der Waals surface area contributed by atoms with Crippen molar-refractivity contribution in [2.24, 2.45) is 0 Å². The van der Waals surface area contributed by atoms with Gasteiger partial charge in [0.25, 0.3) is 5.91 Å². The topological polar surface area (TPSA) is 118 Å². The third kappa shape index (κ3) is 2.98. The van der Waals surface area contributed by atoms with E-state index in [1.54, 1.807) is 6.92 Å². The number of carbonyl (C=O) groups is 2. The Kier molecular flexibility index (Phi) is 3.80. The van der Waals surface area contributed by atoms with Gasteiger partial charge in [-0.05, 0) is 13.3 Å². The van der Waals surface area contributed by atoms with Gasteiger partial charge in [0.15, 0.2) is 9.84 Å². The maximum atomic E-state index is 12.3. The van der Waals surface area contributed by atoms with Gasteiger partial charge in [-0.1, -0.05) is 5.16 Å². The molecule has 110 valence electrons. The third-order valence-corrected chi connectivity index (χ3v) is 4.91. The summed E-state index contributed by atoms with van der Waals surface area (Å²) in [5.74, 6) is -2.18. The fourth-order valence-electron chi connectivity index (χ4n) is 2.16. The number of carboxylic acid groups (broad SMARTS) is 1. The van der Waals surface area contributed by atoms with Crippen molar-refractivity contribution in [3.8, 4) is 0 Å².